The van der Waals surface area contributed by atoms with Crippen LogP contribution in [0, 0.1) is 6.92 Å². The molecule has 1 aliphatic carbocycles. The molecule has 4 nitrogen and oxygen atoms in total. The van der Waals surface area contributed by atoms with Crippen molar-refractivity contribution in [2.45, 2.75) is 39.2 Å². The van der Waals surface area contributed by atoms with Gasteiger partial charge in [0.25, 0.3) is 0 Å². The van der Waals surface area contributed by atoms with Gasteiger partial charge in [-0.3, -0.25) is 4.79 Å². The largest absolute Gasteiger partial charge is 0.457 e. The van der Waals surface area contributed by atoms with Gasteiger partial charge in [0.15, 0.2) is 10.9 Å². The number of carbonyl (C=O) groups excluding carboxylic acids is 1. The summed E-state index contributed by atoms with van der Waals surface area (Å²) in [5.41, 5.74) is 4.18. The Hall–Kier alpha value is -2.66. The van der Waals surface area contributed by atoms with E-state index in [-0.39, 0.29) is 11.8 Å². The van der Waals surface area contributed by atoms with Gasteiger partial charge in [-0.1, -0.05) is 29.8 Å². The SMILES string of the molecule is CCN1C(=S)NC(c2ccc(Oc3ccc(C)cc3)cc2)C2=C1CCCC2=O. The van der Waals surface area contributed by atoms with Gasteiger partial charge in [0, 0.05) is 24.2 Å². The molecule has 0 aromatic heterocycles. The number of ketones is 1. The molecule has 0 bridgehead atoms. The second-order valence-corrected chi connectivity index (χ2v) is 7.63. The second-order valence-electron chi connectivity index (χ2n) is 7.25. The van der Waals surface area contributed by atoms with Gasteiger partial charge in [0.05, 0.1) is 6.04 Å². The summed E-state index contributed by atoms with van der Waals surface area (Å²) in [6.07, 6.45) is 2.41. The topological polar surface area (TPSA) is 41.6 Å². The highest BCUT2D eigenvalue weighted by Gasteiger charge is 2.36. The molecule has 1 atom stereocenters. The van der Waals surface area contributed by atoms with Crippen LogP contribution in [-0.4, -0.2) is 22.3 Å². The average Bonchev–Trinajstić information content (AvgIpc) is 2.70. The van der Waals surface area contributed by atoms with E-state index >= 15 is 0 Å². The van der Waals surface area contributed by atoms with Crippen LogP contribution in [0.1, 0.15) is 43.4 Å². The average molecular weight is 393 g/mol. The van der Waals surface area contributed by atoms with Crippen LogP contribution in [0.4, 0.5) is 0 Å². The van der Waals surface area contributed by atoms with Crippen LogP contribution in [0.3, 0.4) is 0 Å². The van der Waals surface area contributed by atoms with E-state index in [1.807, 2.05) is 48.5 Å². The van der Waals surface area contributed by atoms with E-state index in [9.17, 15) is 4.79 Å². The van der Waals surface area contributed by atoms with Crippen molar-refractivity contribution in [2.75, 3.05) is 6.54 Å². The Morgan fingerprint density at radius 3 is 2.36 bits per heavy atom. The maximum atomic E-state index is 12.7. The fraction of sp³-hybridized carbons (Fsp3) is 0.304. The summed E-state index contributed by atoms with van der Waals surface area (Å²) in [5.74, 6) is 1.80. The molecule has 28 heavy (non-hydrogen) atoms. The number of hydrogen-bond donors (Lipinski definition) is 1. The van der Waals surface area contributed by atoms with Crippen molar-refractivity contribution in [2.24, 2.45) is 0 Å². The number of rotatable bonds is 4. The molecule has 0 spiro atoms. The lowest BCUT2D eigenvalue weighted by Crippen LogP contribution is -2.49. The molecule has 0 saturated heterocycles. The van der Waals surface area contributed by atoms with E-state index in [2.05, 4.69) is 24.1 Å². The zero-order chi connectivity index (χ0) is 19.7. The number of hydrogen-bond acceptors (Lipinski definition) is 3. The summed E-state index contributed by atoms with van der Waals surface area (Å²) >= 11 is 5.58. The van der Waals surface area contributed by atoms with Gasteiger partial charge in [0.1, 0.15) is 11.5 Å². The van der Waals surface area contributed by atoms with Gasteiger partial charge < -0.3 is 15.0 Å². The molecule has 2 aliphatic rings. The Bertz CT molecular complexity index is 932. The number of allylic oxidation sites excluding steroid dienone is 1. The van der Waals surface area contributed by atoms with Gasteiger partial charge in [-0.25, -0.2) is 0 Å². The molecule has 2 aromatic rings. The molecule has 2 aromatic carbocycles. The van der Waals surface area contributed by atoms with E-state index in [1.165, 1.54) is 5.56 Å². The lowest BCUT2D eigenvalue weighted by molar-refractivity contribution is -0.116. The normalized spacial score (nSPS) is 19.4. The highest BCUT2D eigenvalue weighted by Crippen LogP contribution is 2.37. The molecule has 1 aliphatic heterocycles. The third-order valence-corrected chi connectivity index (χ3v) is 5.68. The lowest BCUT2D eigenvalue weighted by Gasteiger charge is -2.40. The van der Waals surface area contributed by atoms with Crippen LogP contribution < -0.4 is 10.1 Å². The highest BCUT2D eigenvalue weighted by molar-refractivity contribution is 7.80. The van der Waals surface area contributed by atoms with E-state index in [0.717, 1.165) is 47.7 Å². The minimum absolute atomic E-state index is 0.188. The molecular formula is C23H24N2O2S. The predicted octanol–water partition coefficient (Wildman–Crippen LogP) is 5.05. The molecule has 1 unspecified atom stereocenters. The summed E-state index contributed by atoms with van der Waals surface area (Å²) < 4.78 is 5.93. The first-order chi connectivity index (χ1) is 13.6. The zero-order valence-electron chi connectivity index (χ0n) is 16.2. The Morgan fingerprint density at radius 1 is 1.07 bits per heavy atom. The smallest absolute Gasteiger partial charge is 0.173 e. The second kappa shape index (κ2) is 7.76. The van der Waals surface area contributed by atoms with Crippen molar-refractivity contribution >= 4 is 23.1 Å². The number of benzene rings is 2. The van der Waals surface area contributed by atoms with Crippen molar-refractivity contribution in [1.82, 2.24) is 10.2 Å². The monoisotopic (exact) mass is 392 g/mol. The van der Waals surface area contributed by atoms with Gasteiger partial charge in [-0.15, -0.1) is 0 Å². The van der Waals surface area contributed by atoms with Crippen molar-refractivity contribution in [3.8, 4) is 11.5 Å². The third kappa shape index (κ3) is 3.54. The Labute approximate surface area is 171 Å². The van der Waals surface area contributed by atoms with Gasteiger partial charge in [-0.05, 0) is 68.7 Å². The number of nitrogens with zero attached hydrogens (tertiary/aromatic N) is 1. The molecular weight excluding hydrogens is 368 g/mol. The lowest BCUT2D eigenvalue weighted by atomic mass is 9.85. The van der Waals surface area contributed by atoms with Crippen LogP contribution in [0.15, 0.2) is 59.8 Å². The molecule has 0 fully saturated rings. The van der Waals surface area contributed by atoms with Crippen LogP contribution >= 0.6 is 12.2 Å². The maximum Gasteiger partial charge on any atom is 0.173 e. The molecule has 0 radical (unpaired) electrons. The molecule has 0 saturated carbocycles. The van der Waals surface area contributed by atoms with Crippen molar-refractivity contribution in [3.05, 3.63) is 70.9 Å². The van der Waals surface area contributed by atoms with Crippen molar-refractivity contribution < 1.29 is 9.53 Å². The minimum atomic E-state index is -0.188. The van der Waals surface area contributed by atoms with Gasteiger partial charge in [-0.2, -0.15) is 0 Å². The van der Waals surface area contributed by atoms with Gasteiger partial charge >= 0.3 is 0 Å². The first kappa shape index (κ1) is 18.7. The van der Waals surface area contributed by atoms with Crippen LogP contribution in [-0.2, 0) is 4.79 Å². The number of ether oxygens (including phenoxy) is 1. The fourth-order valence-corrected chi connectivity index (χ4v) is 4.26. The van der Waals surface area contributed by atoms with E-state index in [0.29, 0.717) is 11.5 Å². The summed E-state index contributed by atoms with van der Waals surface area (Å²) in [7, 11) is 0. The molecule has 4 rings (SSSR count). The van der Waals surface area contributed by atoms with Crippen molar-refractivity contribution in [1.29, 1.82) is 0 Å². The number of carbonyl (C=O) groups is 1. The van der Waals surface area contributed by atoms with Gasteiger partial charge in [0.2, 0.25) is 0 Å². The Balaban J connectivity index is 1.62. The standard InChI is InChI=1S/C23H24N2O2S/c1-3-25-19-5-4-6-20(26)21(19)22(24-23(25)28)16-9-13-18(14-10-16)27-17-11-7-15(2)8-12-17/h7-14,22H,3-6H2,1-2H3,(H,24,28). The third-order valence-electron chi connectivity index (χ3n) is 5.34. The molecule has 5 heteroatoms. The molecule has 1 N–H and O–H groups in total. The minimum Gasteiger partial charge on any atom is -0.457 e. The zero-order valence-corrected chi connectivity index (χ0v) is 17.0. The predicted molar refractivity (Wildman–Crippen MR) is 114 cm³/mol. The number of Topliss-reactive ketones (excluding diaryl/α,β-unsaturated/α-hetero) is 1. The Morgan fingerprint density at radius 2 is 1.71 bits per heavy atom. The maximum absolute atomic E-state index is 12.7. The van der Waals surface area contributed by atoms with Crippen LogP contribution in [0.5, 0.6) is 11.5 Å². The quantitative estimate of drug-likeness (QED) is 0.738. The number of nitrogens with one attached hydrogen (secondary N) is 1. The van der Waals surface area contributed by atoms with Crippen LogP contribution in [0.25, 0.3) is 0 Å². The van der Waals surface area contributed by atoms with E-state index < -0.39 is 0 Å². The molecule has 1 heterocycles. The Kier molecular flexibility index (Phi) is 5.18. The first-order valence-corrected chi connectivity index (χ1v) is 10.2. The summed E-state index contributed by atoms with van der Waals surface area (Å²) in [4.78, 5) is 14.8. The summed E-state index contributed by atoms with van der Waals surface area (Å²) in [6, 6.07) is 15.7. The van der Waals surface area contributed by atoms with Crippen LogP contribution in [0.2, 0.25) is 0 Å². The van der Waals surface area contributed by atoms with E-state index in [4.69, 9.17) is 17.0 Å². The summed E-state index contributed by atoms with van der Waals surface area (Å²) in [6.45, 7) is 4.89. The number of aryl methyl sites for hydroxylation is 1. The molecule has 0 amide bonds. The fourth-order valence-electron chi connectivity index (χ4n) is 3.91. The molecule has 144 valence electrons. The number of thiocarbonyl (C=S) groups is 1. The van der Waals surface area contributed by atoms with Crippen molar-refractivity contribution in [3.63, 3.8) is 0 Å². The summed E-state index contributed by atoms with van der Waals surface area (Å²) in [5, 5.41) is 4.07. The highest BCUT2D eigenvalue weighted by atomic mass is 32.1. The van der Waals surface area contributed by atoms with E-state index in [1.54, 1.807) is 0 Å². The first-order valence-electron chi connectivity index (χ1n) is 9.75.